The highest BCUT2D eigenvalue weighted by atomic mass is 31.2. The van der Waals surface area contributed by atoms with Gasteiger partial charge in [0.05, 0.1) is 12.9 Å². The van der Waals surface area contributed by atoms with Gasteiger partial charge in [-0.1, -0.05) is 0 Å². The van der Waals surface area contributed by atoms with E-state index >= 15 is 0 Å². The highest BCUT2D eigenvalue weighted by molar-refractivity contribution is 7.46. The number of aromatic amines is 1. The van der Waals surface area contributed by atoms with E-state index in [9.17, 15) is 24.0 Å². The molecular weight excluding hydrogens is 354 g/mol. The standard InChI is InChI=1S/C10H12FN4O8P/c11-10-13-7-4(8(18)14-10)12-2-15(7)9-6(17)5(16)3(23-9)1-22-24(19,20)21/h2-3,5-6,9,16-17H,1H2,(H,13,14,18)(H2,19,20,21)/t3-,5-,6+,9-/m1/s1. The number of phosphoric ester groups is 1. The second kappa shape index (κ2) is 5.97. The first kappa shape index (κ1) is 17.1. The zero-order valence-electron chi connectivity index (χ0n) is 11.7. The Morgan fingerprint density at radius 2 is 2.12 bits per heavy atom. The fraction of sp³-hybridized carbons (Fsp3) is 0.500. The first-order chi connectivity index (χ1) is 11.2. The van der Waals surface area contributed by atoms with Crippen LogP contribution in [0.5, 0.6) is 0 Å². The smallest absolute Gasteiger partial charge is 0.387 e. The predicted octanol–water partition coefficient (Wildman–Crippen LogP) is -2.01. The number of aromatic nitrogens is 4. The Morgan fingerprint density at radius 1 is 1.42 bits per heavy atom. The van der Waals surface area contributed by atoms with E-state index in [1.54, 1.807) is 0 Å². The molecule has 12 nitrogen and oxygen atoms in total. The van der Waals surface area contributed by atoms with Gasteiger partial charge in [-0.3, -0.25) is 18.9 Å². The Balaban J connectivity index is 1.90. The molecule has 0 amide bonds. The Morgan fingerprint density at radius 3 is 2.79 bits per heavy atom. The van der Waals surface area contributed by atoms with Crippen molar-refractivity contribution in [1.82, 2.24) is 19.5 Å². The number of aliphatic hydroxyl groups excluding tert-OH is 2. The van der Waals surface area contributed by atoms with Crippen LogP contribution in [-0.4, -0.2) is 64.4 Å². The molecule has 2 aromatic heterocycles. The molecule has 0 spiro atoms. The largest absolute Gasteiger partial charge is 0.469 e. The van der Waals surface area contributed by atoms with Crippen LogP contribution in [0.2, 0.25) is 0 Å². The fourth-order valence-corrected chi connectivity index (χ4v) is 2.69. The molecule has 2 aromatic rings. The Hall–Kier alpha value is -1.73. The van der Waals surface area contributed by atoms with Crippen molar-refractivity contribution >= 4 is 19.0 Å². The van der Waals surface area contributed by atoms with E-state index in [0.29, 0.717) is 0 Å². The normalized spacial score (nSPS) is 27.9. The highest BCUT2D eigenvalue weighted by Crippen LogP contribution is 2.38. The van der Waals surface area contributed by atoms with Crippen molar-refractivity contribution in [1.29, 1.82) is 0 Å². The Bertz CT molecular complexity index is 864. The van der Waals surface area contributed by atoms with Gasteiger partial charge in [0.2, 0.25) is 0 Å². The zero-order chi connectivity index (χ0) is 17.6. The molecular formula is C10H12FN4O8P. The number of nitrogens with zero attached hydrogens (tertiary/aromatic N) is 3. The number of hydrogen-bond donors (Lipinski definition) is 5. The van der Waals surface area contributed by atoms with Crippen LogP contribution in [0, 0.1) is 6.08 Å². The quantitative estimate of drug-likeness (QED) is 0.299. The van der Waals surface area contributed by atoms with Gasteiger partial charge in [-0.15, -0.1) is 0 Å². The number of fused-ring (bicyclic) bond motifs is 1. The maximum atomic E-state index is 13.3. The van der Waals surface area contributed by atoms with E-state index < -0.39 is 50.6 Å². The van der Waals surface area contributed by atoms with Crippen LogP contribution < -0.4 is 5.56 Å². The summed E-state index contributed by atoms with van der Waals surface area (Å²) in [5.74, 6) is 0. The van der Waals surface area contributed by atoms with Crippen LogP contribution in [0.25, 0.3) is 11.2 Å². The van der Waals surface area contributed by atoms with Crippen molar-refractivity contribution in [3.63, 3.8) is 0 Å². The summed E-state index contributed by atoms with van der Waals surface area (Å²) in [5.41, 5.74) is -1.29. The number of hydrogen-bond acceptors (Lipinski definition) is 8. The molecule has 14 heteroatoms. The SMILES string of the molecule is O=c1[nH]c(F)nc2c1ncn2[C@@H]1O[C@H](COP(=O)(O)O)[C@@H](O)[C@@H]1O. The molecule has 24 heavy (non-hydrogen) atoms. The molecule has 3 heterocycles. The van der Waals surface area contributed by atoms with Gasteiger partial charge in [-0.05, 0) is 0 Å². The molecule has 0 radical (unpaired) electrons. The lowest BCUT2D eigenvalue weighted by Crippen LogP contribution is -2.33. The monoisotopic (exact) mass is 366 g/mol. The van der Waals surface area contributed by atoms with Crippen molar-refractivity contribution < 1.29 is 38.2 Å². The van der Waals surface area contributed by atoms with Crippen molar-refractivity contribution in [3.8, 4) is 0 Å². The van der Waals surface area contributed by atoms with Gasteiger partial charge >= 0.3 is 7.82 Å². The average Bonchev–Trinajstić information content (AvgIpc) is 3.00. The summed E-state index contributed by atoms with van der Waals surface area (Å²) in [6.07, 6.45) is -5.82. The average molecular weight is 366 g/mol. The summed E-state index contributed by atoms with van der Waals surface area (Å²) in [5, 5.41) is 19.9. The summed E-state index contributed by atoms with van der Waals surface area (Å²) in [4.78, 5) is 37.9. The number of halogens is 1. The molecule has 1 aliphatic rings. The van der Waals surface area contributed by atoms with Gasteiger partial charge in [-0.25, -0.2) is 9.55 Å². The summed E-state index contributed by atoms with van der Waals surface area (Å²) < 4.78 is 34.5. The van der Waals surface area contributed by atoms with E-state index in [1.807, 2.05) is 4.98 Å². The molecule has 0 aliphatic carbocycles. The lowest BCUT2D eigenvalue weighted by molar-refractivity contribution is -0.0504. The third-order valence-corrected chi connectivity index (χ3v) is 3.91. The lowest BCUT2D eigenvalue weighted by Gasteiger charge is -2.16. The van der Waals surface area contributed by atoms with Gasteiger partial charge in [0, 0.05) is 0 Å². The summed E-state index contributed by atoms with van der Waals surface area (Å²) >= 11 is 0. The van der Waals surface area contributed by atoms with Crippen LogP contribution in [0.3, 0.4) is 0 Å². The molecule has 132 valence electrons. The summed E-state index contributed by atoms with van der Waals surface area (Å²) in [7, 11) is -4.80. The number of phosphoric acid groups is 1. The van der Waals surface area contributed by atoms with Gasteiger partial charge in [-0.2, -0.15) is 9.37 Å². The first-order valence-electron chi connectivity index (χ1n) is 6.51. The second-order valence-corrected chi connectivity index (χ2v) is 6.25. The van der Waals surface area contributed by atoms with Gasteiger partial charge < -0.3 is 24.7 Å². The van der Waals surface area contributed by atoms with E-state index in [0.717, 1.165) is 10.9 Å². The molecule has 0 saturated carbocycles. The summed E-state index contributed by atoms with van der Waals surface area (Å²) in [6, 6.07) is 0. The number of nitrogens with one attached hydrogen (secondary N) is 1. The number of imidazole rings is 1. The Kier molecular flexibility index (Phi) is 4.25. The minimum atomic E-state index is -4.80. The second-order valence-electron chi connectivity index (χ2n) is 5.01. The van der Waals surface area contributed by atoms with Gasteiger partial charge in [0.1, 0.15) is 18.3 Å². The molecule has 1 saturated heterocycles. The molecule has 5 N–H and O–H groups in total. The van der Waals surface area contributed by atoms with E-state index in [4.69, 9.17) is 14.5 Å². The third kappa shape index (κ3) is 3.10. The minimum Gasteiger partial charge on any atom is -0.387 e. The molecule has 1 fully saturated rings. The number of aliphatic hydroxyl groups is 2. The topological polar surface area (TPSA) is 180 Å². The first-order valence-corrected chi connectivity index (χ1v) is 8.04. The molecule has 1 aliphatic heterocycles. The van der Waals surface area contributed by atoms with Crippen molar-refractivity contribution in [2.75, 3.05) is 6.61 Å². The zero-order valence-corrected chi connectivity index (χ0v) is 12.6. The number of rotatable bonds is 4. The molecule has 0 bridgehead atoms. The lowest BCUT2D eigenvalue weighted by atomic mass is 10.1. The predicted molar refractivity (Wildman–Crippen MR) is 72.0 cm³/mol. The molecule has 4 atom stereocenters. The molecule has 0 unspecified atom stereocenters. The van der Waals surface area contributed by atoms with Gasteiger partial charge in [0.25, 0.3) is 11.6 Å². The Labute approximate surface area is 131 Å². The van der Waals surface area contributed by atoms with Crippen molar-refractivity contribution in [2.24, 2.45) is 0 Å². The fourth-order valence-electron chi connectivity index (χ4n) is 2.35. The maximum Gasteiger partial charge on any atom is 0.469 e. The van der Waals surface area contributed by atoms with Crippen LogP contribution in [0.1, 0.15) is 6.23 Å². The minimum absolute atomic E-state index is 0.211. The van der Waals surface area contributed by atoms with Crippen molar-refractivity contribution in [2.45, 2.75) is 24.5 Å². The van der Waals surface area contributed by atoms with E-state index in [2.05, 4.69) is 14.5 Å². The molecule has 3 rings (SSSR count). The van der Waals surface area contributed by atoms with E-state index in [1.165, 1.54) is 0 Å². The number of ether oxygens (including phenoxy) is 1. The van der Waals surface area contributed by atoms with E-state index in [-0.39, 0.29) is 11.2 Å². The third-order valence-electron chi connectivity index (χ3n) is 3.42. The highest BCUT2D eigenvalue weighted by Gasteiger charge is 2.45. The maximum absolute atomic E-state index is 13.3. The van der Waals surface area contributed by atoms with Crippen LogP contribution in [-0.2, 0) is 13.8 Å². The summed E-state index contributed by atoms with van der Waals surface area (Å²) in [6.45, 7) is -0.700. The van der Waals surface area contributed by atoms with Crippen molar-refractivity contribution in [3.05, 3.63) is 22.8 Å². The van der Waals surface area contributed by atoms with Crippen LogP contribution in [0.15, 0.2) is 11.1 Å². The van der Waals surface area contributed by atoms with Crippen LogP contribution >= 0.6 is 7.82 Å². The number of H-pyrrole nitrogens is 1. The molecule has 0 aromatic carbocycles. The van der Waals surface area contributed by atoms with Gasteiger partial charge in [0.15, 0.2) is 17.4 Å². The van der Waals surface area contributed by atoms with Crippen LogP contribution in [0.4, 0.5) is 4.39 Å².